The fourth-order valence-electron chi connectivity index (χ4n) is 2.58. The monoisotopic (exact) mass is 270 g/mol. The van der Waals surface area contributed by atoms with Gasteiger partial charge >= 0.3 is 5.97 Å². The highest BCUT2D eigenvalue weighted by Crippen LogP contribution is 2.25. The first-order valence-electron chi connectivity index (χ1n) is 7.06. The van der Waals surface area contributed by atoms with E-state index in [2.05, 4.69) is 17.1 Å². The molecule has 2 N–H and O–H groups in total. The molecule has 0 aromatic heterocycles. The van der Waals surface area contributed by atoms with Crippen molar-refractivity contribution < 1.29 is 14.7 Å². The van der Waals surface area contributed by atoms with E-state index in [4.69, 9.17) is 5.11 Å². The summed E-state index contributed by atoms with van der Waals surface area (Å²) in [6.07, 6.45) is 2.26. The predicted octanol–water partition coefficient (Wildman–Crippen LogP) is 1.48. The van der Waals surface area contributed by atoms with E-state index in [1.807, 2.05) is 13.8 Å². The third kappa shape index (κ3) is 6.05. The highest BCUT2D eigenvalue weighted by Gasteiger charge is 2.27. The molecule has 0 bridgehead atoms. The summed E-state index contributed by atoms with van der Waals surface area (Å²) in [6.45, 7) is 8.90. The molecule has 5 heteroatoms. The number of carbonyl (C=O) groups is 2. The van der Waals surface area contributed by atoms with E-state index in [-0.39, 0.29) is 24.8 Å². The van der Waals surface area contributed by atoms with Gasteiger partial charge in [0.2, 0.25) is 5.91 Å². The van der Waals surface area contributed by atoms with Crippen LogP contribution in [0.2, 0.25) is 0 Å². The Morgan fingerprint density at radius 1 is 1.26 bits per heavy atom. The summed E-state index contributed by atoms with van der Waals surface area (Å²) >= 11 is 0. The highest BCUT2D eigenvalue weighted by molar-refractivity contribution is 5.78. The first-order valence-corrected chi connectivity index (χ1v) is 7.06. The minimum atomic E-state index is -0.853. The topological polar surface area (TPSA) is 69.6 Å². The van der Waals surface area contributed by atoms with Gasteiger partial charge in [0.25, 0.3) is 0 Å². The minimum Gasteiger partial charge on any atom is -0.481 e. The lowest BCUT2D eigenvalue weighted by molar-refractivity contribution is -0.139. The first kappa shape index (κ1) is 16.0. The van der Waals surface area contributed by atoms with Gasteiger partial charge in [-0.15, -0.1) is 0 Å². The third-order valence-corrected chi connectivity index (χ3v) is 3.67. The molecule has 0 unspecified atom stereocenters. The Bertz CT molecular complexity index is 321. The summed E-state index contributed by atoms with van der Waals surface area (Å²) in [4.78, 5) is 25.0. The van der Waals surface area contributed by atoms with Crippen LogP contribution >= 0.6 is 0 Å². The van der Waals surface area contributed by atoms with Crippen LogP contribution in [-0.2, 0) is 9.59 Å². The fraction of sp³-hybridized carbons (Fsp3) is 0.857. The second kappa shape index (κ2) is 6.89. The van der Waals surface area contributed by atoms with Gasteiger partial charge in [-0.2, -0.15) is 0 Å². The van der Waals surface area contributed by atoms with Crippen LogP contribution in [-0.4, -0.2) is 47.6 Å². The summed E-state index contributed by atoms with van der Waals surface area (Å²) in [6, 6.07) is 0.246. The Hall–Kier alpha value is -1.10. The van der Waals surface area contributed by atoms with Crippen LogP contribution < -0.4 is 5.32 Å². The second-order valence-corrected chi connectivity index (χ2v) is 6.19. The van der Waals surface area contributed by atoms with Gasteiger partial charge in [-0.1, -0.05) is 20.8 Å². The van der Waals surface area contributed by atoms with E-state index in [0.717, 1.165) is 32.5 Å². The number of hydrogen-bond donors (Lipinski definition) is 2. The van der Waals surface area contributed by atoms with Crippen LogP contribution in [0.4, 0.5) is 0 Å². The van der Waals surface area contributed by atoms with Gasteiger partial charge in [-0.3, -0.25) is 9.59 Å². The average molecular weight is 270 g/mol. The quantitative estimate of drug-likeness (QED) is 0.767. The lowest BCUT2D eigenvalue weighted by Crippen LogP contribution is -2.45. The lowest BCUT2D eigenvalue weighted by atomic mass is 9.85. The largest absolute Gasteiger partial charge is 0.481 e. The Balaban J connectivity index is 2.33. The van der Waals surface area contributed by atoms with Crippen molar-refractivity contribution in [2.45, 2.75) is 52.5 Å². The normalized spacial score (nSPS) is 18.3. The zero-order chi connectivity index (χ0) is 14.5. The van der Waals surface area contributed by atoms with Crippen molar-refractivity contribution >= 4 is 11.9 Å². The van der Waals surface area contributed by atoms with Gasteiger partial charge in [-0.25, -0.2) is 0 Å². The summed E-state index contributed by atoms with van der Waals surface area (Å²) in [5.74, 6) is -0.879. The third-order valence-electron chi connectivity index (χ3n) is 3.67. The molecule has 0 saturated carbocycles. The van der Waals surface area contributed by atoms with E-state index in [1.54, 1.807) is 0 Å². The van der Waals surface area contributed by atoms with Gasteiger partial charge in [-0.05, 0) is 24.8 Å². The van der Waals surface area contributed by atoms with E-state index in [1.165, 1.54) is 0 Å². The van der Waals surface area contributed by atoms with E-state index in [0.29, 0.717) is 0 Å². The molecule has 1 aliphatic heterocycles. The van der Waals surface area contributed by atoms with E-state index in [9.17, 15) is 9.59 Å². The van der Waals surface area contributed by atoms with Crippen molar-refractivity contribution in [1.82, 2.24) is 10.2 Å². The number of rotatable bonds is 6. The molecule has 1 heterocycles. The Labute approximate surface area is 115 Å². The van der Waals surface area contributed by atoms with Crippen LogP contribution in [0.15, 0.2) is 0 Å². The number of nitrogens with zero attached hydrogens (tertiary/aromatic N) is 1. The molecule has 1 amide bonds. The molecule has 0 atom stereocenters. The van der Waals surface area contributed by atoms with Gasteiger partial charge < -0.3 is 15.3 Å². The maximum Gasteiger partial charge on any atom is 0.303 e. The number of piperidine rings is 1. The molecule has 5 nitrogen and oxygen atoms in total. The number of amides is 1. The van der Waals surface area contributed by atoms with Crippen molar-refractivity contribution in [1.29, 1.82) is 0 Å². The molecule has 110 valence electrons. The van der Waals surface area contributed by atoms with E-state index >= 15 is 0 Å². The molecule has 0 aromatic carbocycles. The molecule has 1 saturated heterocycles. The standard InChI is InChI=1S/C14H26N2O3/c1-4-16-7-5-11(6-8-16)15-12(17)9-14(2,3)10-13(18)19/h11H,4-10H2,1-3H3,(H,15,17)(H,18,19). The zero-order valence-electron chi connectivity index (χ0n) is 12.2. The van der Waals surface area contributed by atoms with Crippen LogP contribution in [0.1, 0.15) is 46.5 Å². The molecule has 0 aliphatic carbocycles. The van der Waals surface area contributed by atoms with Crippen LogP contribution in [0.3, 0.4) is 0 Å². The number of aliphatic carboxylic acids is 1. The first-order chi connectivity index (χ1) is 8.82. The summed E-state index contributed by atoms with van der Waals surface area (Å²) in [5, 5.41) is 11.8. The molecular formula is C14H26N2O3. The van der Waals surface area contributed by atoms with Crippen molar-refractivity contribution in [3.8, 4) is 0 Å². The van der Waals surface area contributed by atoms with Crippen molar-refractivity contribution in [3.63, 3.8) is 0 Å². The van der Waals surface area contributed by atoms with Crippen LogP contribution in [0, 0.1) is 5.41 Å². The molecule has 19 heavy (non-hydrogen) atoms. The number of carbonyl (C=O) groups excluding carboxylic acids is 1. The SMILES string of the molecule is CCN1CCC(NC(=O)CC(C)(C)CC(=O)O)CC1. The van der Waals surface area contributed by atoms with Gasteiger partial charge in [0, 0.05) is 25.6 Å². The van der Waals surface area contributed by atoms with Crippen LogP contribution in [0.25, 0.3) is 0 Å². The second-order valence-electron chi connectivity index (χ2n) is 6.19. The molecule has 1 rings (SSSR count). The molecule has 1 aliphatic rings. The number of likely N-dealkylation sites (tertiary alicyclic amines) is 1. The molecular weight excluding hydrogens is 244 g/mol. The molecule has 0 radical (unpaired) electrons. The number of nitrogens with one attached hydrogen (secondary N) is 1. The van der Waals surface area contributed by atoms with Crippen LogP contribution in [0.5, 0.6) is 0 Å². The molecule has 0 aromatic rings. The maximum absolute atomic E-state index is 11.9. The fourth-order valence-corrected chi connectivity index (χ4v) is 2.58. The number of carboxylic acids is 1. The molecule has 1 fully saturated rings. The lowest BCUT2D eigenvalue weighted by Gasteiger charge is -2.32. The molecule has 0 spiro atoms. The Kier molecular flexibility index (Phi) is 5.79. The zero-order valence-corrected chi connectivity index (χ0v) is 12.2. The van der Waals surface area contributed by atoms with Crippen molar-refractivity contribution in [2.75, 3.05) is 19.6 Å². The Morgan fingerprint density at radius 2 is 1.84 bits per heavy atom. The minimum absolute atomic E-state index is 0.0225. The highest BCUT2D eigenvalue weighted by atomic mass is 16.4. The smallest absolute Gasteiger partial charge is 0.303 e. The Morgan fingerprint density at radius 3 is 2.32 bits per heavy atom. The maximum atomic E-state index is 11.9. The summed E-state index contributed by atoms with van der Waals surface area (Å²) in [5.41, 5.74) is -0.486. The predicted molar refractivity (Wildman–Crippen MR) is 73.9 cm³/mol. The number of carboxylic acid groups (broad SMARTS) is 1. The summed E-state index contributed by atoms with van der Waals surface area (Å²) in [7, 11) is 0. The average Bonchev–Trinajstić information content (AvgIpc) is 2.27. The van der Waals surface area contributed by atoms with E-state index < -0.39 is 11.4 Å². The number of hydrogen-bond acceptors (Lipinski definition) is 3. The van der Waals surface area contributed by atoms with Gasteiger partial charge in [0.15, 0.2) is 0 Å². The van der Waals surface area contributed by atoms with Crippen molar-refractivity contribution in [3.05, 3.63) is 0 Å². The van der Waals surface area contributed by atoms with Crippen molar-refractivity contribution in [2.24, 2.45) is 5.41 Å². The summed E-state index contributed by atoms with van der Waals surface area (Å²) < 4.78 is 0. The van der Waals surface area contributed by atoms with Gasteiger partial charge in [0.05, 0.1) is 6.42 Å². The van der Waals surface area contributed by atoms with Gasteiger partial charge in [0.1, 0.15) is 0 Å².